The molecule has 0 aliphatic carbocycles. The molecule has 5 nitrogen and oxygen atoms in total. The topological polar surface area (TPSA) is 68.3 Å². The largest absolute Gasteiger partial charge is 0.452 e. The maximum Gasteiger partial charge on any atom is 0.341 e. The maximum atomic E-state index is 13.4. The quantitative estimate of drug-likeness (QED) is 0.649. The first-order chi connectivity index (χ1) is 11.1. The van der Waals surface area contributed by atoms with Gasteiger partial charge in [0.05, 0.1) is 5.56 Å². The molecule has 0 unspecified atom stereocenters. The lowest BCUT2D eigenvalue weighted by atomic mass is 10.1. The Hall–Kier alpha value is -2.47. The minimum absolute atomic E-state index is 0.0115. The van der Waals surface area contributed by atoms with E-state index < -0.39 is 18.5 Å². The van der Waals surface area contributed by atoms with Crippen molar-refractivity contribution in [3.63, 3.8) is 0 Å². The molecule has 7 heteroatoms. The lowest BCUT2D eigenvalue weighted by Gasteiger charge is -2.07. The minimum atomic E-state index is -0.729. The van der Waals surface area contributed by atoms with Gasteiger partial charge < -0.3 is 10.1 Å². The van der Waals surface area contributed by atoms with Gasteiger partial charge >= 0.3 is 5.97 Å². The van der Waals surface area contributed by atoms with Gasteiger partial charge in [0.25, 0.3) is 5.91 Å². The molecule has 0 saturated heterocycles. The molecule has 23 heavy (non-hydrogen) atoms. The Morgan fingerprint density at radius 2 is 2.00 bits per heavy atom. The molecule has 0 bridgehead atoms. The lowest BCUT2D eigenvalue weighted by molar-refractivity contribution is -0.124. The predicted molar refractivity (Wildman–Crippen MR) is 82.6 cm³/mol. The zero-order valence-corrected chi connectivity index (χ0v) is 12.8. The van der Waals surface area contributed by atoms with Crippen molar-refractivity contribution in [2.24, 2.45) is 0 Å². The van der Waals surface area contributed by atoms with E-state index in [1.807, 2.05) is 0 Å². The molecule has 1 heterocycles. The number of benzene rings is 1. The van der Waals surface area contributed by atoms with E-state index in [0.29, 0.717) is 12.0 Å². The molecule has 0 aliphatic rings. The Kier molecular flexibility index (Phi) is 6.05. The van der Waals surface area contributed by atoms with Crippen molar-refractivity contribution in [1.29, 1.82) is 0 Å². The summed E-state index contributed by atoms with van der Waals surface area (Å²) in [5.41, 5.74) is 0.597. The van der Waals surface area contributed by atoms with Crippen molar-refractivity contribution in [2.45, 2.75) is 6.42 Å². The summed E-state index contributed by atoms with van der Waals surface area (Å²) < 4.78 is 18.2. The van der Waals surface area contributed by atoms with Crippen LogP contribution in [0.3, 0.4) is 0 Å². The fourth-order valence-corrected chi connectivity index (χ4v) is 2.03. The SMILES string of the molecule is O=C(COC(=O)c1cccnc1Cl)NCCc1ccccc1F. The number of nitrogens with zero attached hydrogens (tertiary/aromatic N) is 1. The zero-order valence-electron chi connectivity index (χ0n) is 12.1. The van der Waals surface area contributed by atoms with E-state index in [0.717, 1.165) is 0 Å². The summed E-state index contributed by atoms with van der Waals surface area (Å²) in [6.07, 6.45) is 1.79. The van der Waals surface area contributed by atoms with Crippen LogP contribution in [0.1, 0.15) is 15.9 Å². The van der Waals surface area contributed by atoms with Crippen molar-refractivity contribution in [2.75, 3.05) is 13.2 Å². The Labute approximate surface area is 137 Å². The first-order valence-corrected chi connectivity index (χ1v) is 7.23. The van der Waals surface area contributed by atoms with Crippen molar-refractivity contribution in [1.82, 2.24) is 10.3 Å². The highest BCUT2D eigenvalue weighted by atomic mass is 35.5. The molecule has 0 spiro atoms. The van der Waals surface area contributed by atoms with Crippen LogP contribution in [-0.2, 0) is 16.0 Å². The van der Waals surface area contributed by atoms with Gasteiger partial charge in [-0.2, -0.15) is 0 Å². The van der Waals surface area contributed by atoms with Crippen LogP contribution in [-0.4, -0.2) is 30.0 Å². The number of esters is 1. The van der Waals surface area contributed by atoms with E-state index in [1.54, 1.807) is 18.2 Å². The van der Waals surface area contributed by atoms with Crippen molar-refractivity contribution < 1.29 is 18.7 Å². The maximum absolute atomic E-state index is 13.4. The molecule has 0 radical (unpaired) electrons. The molecule has 1 amide bonds. The fraction of sp³-hybridized carbons (Fsp3) is 0.188. The minimum Gasteiger partial charge on any atom is -0.452 e. The van der Waals surface area contributed by atoms with E-state index in [-0.39, 0.29) is 23.1 Å². The van der Waals surface area contributed by atoms with Gasteiger partial charge in [-0.1, -0.05) is 29.8 Å². The Morgan fingerprint density at radius 1 is 1.22 bits per heavy atom. The standard InChI is InChI=1S/C16H14ClFN2O3/c17-15-12(5-3-8-20-15)16(22)23-10-14(21)19-9-7-11-4-1-2-6-13(11)18/h1-6,8H,7,9-10H2,(H,19,21). The number of pyridine rings is 1. The van der Waals surface area contributed by atoms with E-state index in [4.69, 9.17) is 16.3 Å². The number of ether oxygens (including phenoxy) is 1. The molecule has 120 valence electrons. The number of hydrogen-bond acceptors (Lipinski definition) is 4. The van der Waals surface area contributed by atoms with E-state index in [9.17, 15) is 14.0 Å². The van der Waals surface area contributed by atoms with Crippen LogP contribution >= 0.6 is 11.6 Å². The third kappa shape index (κ3) is 5.03. The number of aromatic nitrogens is 1. The molecule has 1 aromatic carbocycles. The Morgan fingerprint density at radius 3 is 2.74 bits per heavy atom. The van der Waals surface area contributed by atoms with Gasteiger partial charge in [0.15, 0.2) is 6.61 Å². The van der Waals surface area contributed by atoms with Gasteiger partial charge in [-0.25, -0.2) is 14.2 Å². The highest BCUT2D eigenvalue weighted by Gasteiger charge is 2.13. The summed E-state index contributed by atoms with van der Waals surface area (Å²) in [6.45, 7) is -0.202. The molecule has 2 rings (SSSR count). The summed E-state index contributed by atoms with van der Waals surface area (Å²) in [5.74, 6) is -1.53. The van der Waals surface area contributed by atoms with Gasteiger partial charge in [0, 0.05) is 12.7 Å². The van der Waals surface area contributed by atoms with Crippen LogP contribution in [0, 0.1) is 5.82 Å². The first-order valence-electron chi connectivity index (χ1n) is 6.85. The monoisotopic (exact) mass is 336 g/mol. The number of nitrogens with one attached hydrogen (secondary N) is 1. The second-order valence-corrected chi connectivity index (χ2v) is 4.97. The predicted octanol–water partition coefficient (Wildman–Crippen LogP) is 2.39. The van der Waals surface area contributed by atoms with Crippen LogP contribution in [0.5, 0.6) is 0 Å². The number of carbonyl (C=O) groups excluding carboxylic acids is 2. The number of amides is 1. The smallest absolute Gasteiger partial charge is 0.341 e. The van der Waals surface area contributed by atoms with E-state index in [2.05, 4.69) is 10.3 Å². The highest BCUT2D eigenvalue weighted by Crippen LogP contribution is 2.12. The third-order valence-corrected chi connectivity index (χ3v) is 3.29. The highest BCUT2D eigenvalue weighted by molar-refractivity contribution is 6.32. The number of carbonyl (C=O) groups is 2. The molecule has 0 saturated carbocycles. The van der Waals surface area contributed by atoms with Crippen LogP contribution in [0.4, 0.5) is 4.39 Å². The average Bonchev–Trinajstić information content (AvgIpc) is 2.55. The molecule has 1 aromatic heterocycles. The van der Waals surface area contributed by atoms with Crippen molar-refractivity contribution in [3.05, 3.63) is 64.7 Å². The lowest BCUT2D eigenvalue weighted by Crippen LogP contribution is -2.30. The van der Waals surface area contributed by atoms with Crippen molar-refractivity contribution >= 4 is 23.5 Å². The molecule has 2 aromatic rings. The van der Waals surface area contributed by atoms with Crippen LogP contribution in [0.25, 0.3) is 0 Å². The van der Waals surface area contributed by atoms with Crippen LogP contribution in [0.2, 0.25) is 5.15 Å². The molecule has 0 atom stereocenters. The van der Waals surface area contributed by atoms with Gasteiger partial charge in [0.1, 0.15) is 11.0 Å². The molecule has 0 aliphatic heterocycles. The third-order valence-electron chi connectivity index (χ3n) is 2.99. The summed E-state index contributed by atoms with van der Waals surface area (Å²) in [4.78, 5) is 27.1. The summed E-state index contributed by atoms with van der Waals surface area (Å²) in [5, 5.41) is 2.56. The number of hydrogen-bond donors (Lipinski definition) is 1. The second kappa shape index (κ2) is 8.24. The first kappa shape index (κ1) is 16.9. The zero-order chi connectivity index (χ0) is 16.7. The Balaban J connectivity index is 1.74. The van der Waals surface area contributed by atoms with Crippen LogP contribution < -0.4 is 5.32 Å². The summed E-state index contributed by atoms with van der Waals surface area (Å²) >= 11 is 5.75. The van der Waals surface area contributed by atoms with Gasteiger partial charge in [-0.3, -0.25) is 4.79 Å². The van der Waals surface area contributed by atoms with E-state index >= 15 is 0 Å². The van der Waals surface area contributed by atoms with Gasteiger partial charge in [-0.05, 0) is 30.2 Å². The fourth-order valence-electron chi connectivity index (χ4n) is 1.84. The second-order valence-electron chi connectivity index (χ2n) is 4.61. The molecule has 0 fully saturated rings. The molecule has 1 N–H and O–H groups in total. The van der Waals surface area contributed by atoms with Gasteiger partial charge in [0.2, 0.25) is 0 Å². The van der Waals surface area contributed by atoms with Crippen molar-refractivity contribution in [3.8, 4) is 0 Å². The normalized spacial score (nSPS) is 10.2. The average molecular weight is 337 g/mol. The summed E-state index contributed by atoms with van der Waals surface area (Å²) in [7, 11) is 0. The summed E-state index contributed by atoms with van der Waals surface area (Å²) in [6, 6.07) is 9.31. The van der Waals surface area contributed by atoms with E-state index in [1.165, 1.54) is 24.4 Å². The molecular weight excluding hydrogens is 323 g/mol. The Bertz CT molecular complexity index is 709. The van der Waals surface area contributed by atoms with Crippen LogP contribution in [0.15, 0.2) is 42.6 Å². The molecular formula is C16H14ClFN2O3. The van der Waals surface area contributed by atoms with Gasteiger partial charge in [-0.15, -0.1) is 0 Å². The number of halogens is 2. The number of rotatable bonds is 6.